The lowest BCUT2D eigenvalue weighted by molar-refractivity contribution is -0.383. The van der Waals surface area contributed by atoms with Crippen molar-refractivity contribution in [3.63, 3.8) is 0 Å². The van der Waals surface area contributed by atoms with Crippen LogP contribution in [-0.4, -0.2) is 21.4 Å². The molecule has 0 saturated heterocycles. The lowest BCUT2D eigenvalue weighted by Gasteiger charge is -2.22. The van der Waals surface area contributed by atoms with Crippen LogP contribution >= 0.6 is 15.9 Å². The van der Waals surface area contributed by atoms with Gasteiger partial charge in [0.1, 0.15) is 6.33 Å². The van der Waals surface area contributed by atoms with Crippen molar-refractivity contribution in [2.24, 2.45) is 0 Å². The standard InChI is InChI=1S/C19H18BrN5O2/c1-3-24(16-9-4-6-13(2)10-16)19-17(25(26)27)18(21-12-22-19)23-15-8-5-7-14(20)11-15/h4-12H,3H2,1-2H3,(H,21,22,23). The van der Waals surface area contributed by atoms with Crippen LogP contribution in [0.4, 0.5) is 28.7 Å². The molecule has 0 aliphatic heterocycles. The highest BCUT2D eigenvalue weighted by molar-refractivity contribution is 9.10. The van der Waals surface area contributed by atoms with E-state index in [2.05, 4.69) is 31.2 Å². The second-order valence-corrected chi connectivity index (χ2v) is 6.79. The van der Waals surface area contributed by atoms with Gasteiger partial charge in [-0.3, -0.25) is 10.1 Å². The molecule has 3 rings (SSSR count). The molecule has 0 saturated carbocycles. The van der Waals surface area contributed by atoms with Crippen LogP contribution in [0.2, 0.25) is 0 Å². The largest absolute Gasteiger partial charge is 0.354 e. The van der Waals surface area contributed by atoms with Gasteiger partial charge >= 0.3 is 5.69 Å². The molecule has 0 unspecified atom stereocenters. The van der Waals surface area contributed by atoms with Gasteiger partial charge in [0.2, 0.25) is 11.6 Å². The number of rotatable bonds is 6. The van der Waals surface area contributed by atoms with Crippen molar-refractivity contribution in [2.45, 2.75) is 13.8 Å². The molecule has 0 radical (unpaired) electrons. The van der Waals surface area contributed by atoms with E-state index in [9.17, 15) is 10.1 Å². The topological polar surface area (TPSA) is 84.2 Å². The van der Waals surface area contributed by atoms with Gasteiger partial charge < -0.3 is 10.2 Å². The van der Waals surface area contributed by atoms with Crippen molar-refractivity contribution < 1.29 is 4.92 Å². The lowest BCUT2D eigenvalue weighted by Crippen LogP contribution is -2.19. The number of hydrogen-bond donors (Lipinski definition) is 1. The summed E-state index contributed by atoms with van der Waals surface area (Å²) in [5.41, 5.74) is 2.43. The van der Waals surface area contributed by atoms with Crippen LogP contribution in [0.5, 0.6) is 0 Å². The Kier molecular flexibility index (Phi) is 5.66. The zero-order valence-corrected chi connectivity index (χ0v) is 16.5. The smallest absolute Gasteiger partial charge is 0.334 e. The predicted octanol–water partition coefficient (Wildman–Crippen LogP) is 5.36. The summed E-state index contributed by atoms with van der Waals surface area (Å²) < 4.78 is 0.861. The van der Waals surface area contributed by atoms with E-state index in [1.807, 2.05) is 62.4 Å². The monoisotopic (exact) mass is 427 g/mol. The zero-order valence-electron chi connectivity index (χ0n) is 14.9. The first-order valence-corrected chi connectivity index (χ1v) is 9.15. The van der Waals surface area contributed by atoms with Gasteiger partial charge in [-0.05, 0) is 49.7 Å². The van der Waals surface area contributed by atoms with Gasteiger partial charge in [0.15, 0.2) is 0 Å². The third kappa shape index (κ3) is 4.22. The molecular weight excluding hydrogens is 410 g/mol. The van der Waals surface area contributed by atoms with Gasteiger partial charge in [-0.15, -0.1) is 0 Å². The maximum Gasteiger partial charge on any atom is 0.354 e. The van der Waals surface area contributed by atoms with Crippen molar-refractivity contribution in [2.75, 3.05) is 16.8 Å². The highest BCUT2D eigenvalue weighted by Gasteiger charge is 2.27. The van der Waals surface area contributed by atoms with Crippen molar-refractivity contribution in [1.29, 1.82) is 0 Å². The molecule has 8 heteroatoms. The fourth-order valence-corrected chi connectivity index (χ4v) is 3.18. The lowest BCUT2D eigenvalue weighted by atomic mass is 10.2. The van der Waals surface area contributed by atoms with Gasteiger partial charge in [0.05, 0.1) is 4.92 Å². The Morgan fingerprint density at radius 2 is 1.96 bits per heavy atom. The van der Waals surface area contributed by atoms with E-state index in [1.54, 1.807) is 4.90 Å². The molecular formula is C19H18BrN5O2. The fraction of sp³-hybridized carbons (Fsp3) is 0.158. The molecule has 0 aliphatic carbocycles. The quantitative estimate of drug-likeness (QED) is 0.421. The number of nitrogens with one attached hydrogen (secondary N) is 1. The molecule has 0 atom stereocenters. The first-order chi connectivity index (χ1) is 13.0. The summed E-state index contributed by atoms with van der Waals surface area (Å²) in [5.74, 6) is 0.398. The van der Waals surface area contributed by atoms with Crippen molar-refractivity contribution in [3.05, 3.63) is 75.0 Å². The first kappa shape index (κ1) is 18.8. The van der Waals surface area contributed by atoms with E-state index in [-0.39, 0.29) is 17.3 Å². The van der Waals surface area contributed by atoms with E-state index >= 15 is 0 Å². The maximum atomic E-state index is 11.9. The van der Waals surface area contributed by atoms with Crippen LogP contribution in [0.15, 0.2) is 59.3 Å². The molecule has 0 amide bonds. The molecule has 3 aromatic rings. The zero-order chi connectivity index (χ0) is 19.4. The Hall–Kier alpha value is -3.00. The van der Waals surface area contributed by atoms with Gasteiger partial charge in [-0.2, -0.15) is 0 Å². The van der Waals surface area contributed by atoms with Crippen molar-refractivity contribution >= 4 is 44.6 Å². The SMILES string of the molecule is CCN(c1cccc(C)c1)c1ncnc(Nc2cccc(Br)c2)c1[N+](=O)[O-]. The first-order valence-electron chi connectivity index (χ1n) is 8.35. The number of benzene rings is 2. The molecule has 0 fully saturated rings. The Balaban J connectivity index is 2.09. The third-order valence-corrected chi connectivity index (χ3v) is 4.45. The summed E-state index contributed by atoms with van der Waals surface area (Å²) in [7, 11) is 0. The number of aromatic nitrogens is 2. The molecule has 0 spiro atoms. The molecule has 0 bridgehead atoms. The minimum atomic E-state index is -0.450. The Bertz CT molecular complexity index is 980. The molecule has 1 aromatic heterocycles. The van der Waals surface area contributed by atoms with Crippen molar-refractivity contribution in [1.82, 2.24) is 9.97 Å². The maximum absolute atomic E-state index is 11.9. The third-order valence-electron chi connectivity index (χ3n) is 3.96. The minimum Gasteiger partial charge on any atom is -0.334 e. The second kappa shape index (κ2) is 8.13. The summed E-state index contributed by atoms with van der Waals surface area (Å²) in [6, 6.07) is 15.1. The van der Waals surface area contributed by atoms with E-state index in [0.717, 1.165) is 15.7 Å². The van der Waals surface area contributed by atoms with E-state index in [1.165, 1.54) is 6.33 Å². The Morgan fingerprint density at radius 3 is 2.63 bits per heavy atom. The molecule has 0 aliphatic rings. The van der Waals surface area contributed by atoms with Crippen LogP contribution in [0.3, 0.4) is 0 Å². The fourth-order valence-electron chi connectivity index (χ4n) is 2.78. The molecule has 7 nitrogen and oxygen atoms in total. The number of nitro groups is 1. The van der Waals surface area contributed by atoms with Gasteiger partial charge in [-0.25, -0.2) is 9.97 Å². The molecule has 138 valence electrons. The minimum absolute atomic E-state index is 0.147. The molecule has 2 aromatic carbocycles. The van der Waals surface area contributed by atoms with Gasteiger partial charge in [0, 0.05) is 22.4 Å². The number of anilines is 4. The summed E-state index contributed by atoms with van der Waals surface area (Å²) in [6.07, 6.45) is 1.33. The van der Waals surface area contributed by atoms with Gasteiger partial charge in [-0.1, -0.05) is 34.1 Å². The van der Waals surface area contributed by atoms with Crippen LogP contribution in [0, 0.1) is 17.0 Å². The summed E-state index contributed by atoms with van der Waals surface area (Å²) in [5, 5.41) is 14.9. The van der Waals surface area contributed by atoms with Gasteiger partial charge in [0.25, 0.3) is 0 Å². The Morgan fingerprint density at radius 1 is 1.19 bits per heavy atom. The number of nitrogens with zero attached hydrogens (tertiary/aromatic N) is 4. The average molecular weight is 428 g/mol. The molecule has 1 heterocycles. The van der Waals surface area contributed by atoms with Crippen LogP contribution in [0.25, 0.3) is 0 Å². The number of aryl methyl sites for hydroxylation is 1. The normalized spacial score (nSPS) is 10.5. The van der Waals surface area contributed by atoms with Crippen LogP contribution < -0.4 is 10.2 Å². The highest BCUT2D eigenvalue weighted by Crippen LogP contribution is 2.37. The summed E-state index contributed by atoms with van der Waals surface area (Å²) >= 11 is 3.39. The predicted molar refractivity (Wildman–Crippen MR) is 110 cm³/mol. The molecule has 27 heavy (non-hydrogen) atoms. The second-order valence-electron chi connectivity index (χ2n) is 5.87. The van der Waals surface area contributed by atoms with E-state index in [0.29, 0.717) is 12.2 Å². The van der Waals surface area contributed by atoms with E-state index < -0.39 is 4.92 Å². The van der Waals surface area contributed by atoms with Crippen LogP contribution in [-0.2, 0) is 0 Å². The Labute approximate surface area is 165 Å². The molecule has 1 N–H and O–H groups in total. The van der Waals surface area contributed by atoms with Crippen molar-refractivity contribution in [3.8, 4) is 0 Å². The summed E-state index contributed by atoms with van der Waals surface area (Å²) in [6.45, 7) is 4.43. The average Bonchev–Trinajstić information content (AvgIpc) is 2.62. The number of hydrogen-bond acceptors (Lipinski definition) is 6. The summed E-state index contributed by atoms with van der Waals surface area (Å²) in [4.78, 5) is 21.6. The van der Waals surface area contributed by atoms with Crippen LogP contribution in [0.1, 0.15) is 12.5 Å². The highest BCUT2D eigenvalue weighted by atomic mass is 79.9. The number of halogens is 1. The van der Waals surface area contributed by atoms with E-state index in [4.69, 9.17) is 0 Å².